The summed E-state index contributed by atoms with van der Waals surface area (Å²) in [5.41, 5.74) is 0.484. The Balaban J connectivity index is 1.61. The van der Waals surface area contributed by atoms with Gasteiger partial charge in [0.1, 0.15) is 12.4 Å². The Hall–Kier alpha value is -0.840. The molecule has 2 atom stereocenters. The van der Waals surface area contributed by atoms with Crippen LogP contribution < -0.4 is 0 Å². The molecule has 2 heterocycles. The van der Waals surface area contributed by atoms with Crippen molar-refractivity contribution in [1.82, 2.24) is 0 Å². The molecule has 2 rings (SSSR count). The topological polar surface area (TPSA) is 71.1 Å². The number of carbonyl (C=O) groups excluding carboxylic acids is 1. The second-order valence-corrected chi connectivity index (χ2v) is 11.6. The van der Waals surface area contributed by atoms with Gasteiger partial charge in [0.15, 0.2) is 0 Å². The highest BCUT2D eigenvalue weighted by molar-refractivity contribution is 7.48. The molecular formula is C26H47O6P. The minimum Gasteiger partial charge on any atom is -0.461 e. The normalized spacial score (nSPS) is 22.9. The number of allylic oxidation sites excluding steroid dienone is 1. The van der Waals surface area contributed by atoms with Crippen LogP contribution in [0.5, 0.6) is 0 Å². The van der Waals surface area contributed by atoms with Crippen molar-refractivity contribution in [2.24, 2.45) is 11.8 Å². The van der Waals surface area contributed by atoms with Gasteiger partial charge in [-0.15, -0.1) is 0 Å². The van der Waals surface area contributed by atoms with Crippen molar-refractivity contribution in [3.05, 3.63) is 11.3 Å². The largest absolute Gasteiger partial charge is 0.529 e. The maximum Gasteiger partial charge on any atom is 0.529 e. The first kappa shape index (κ1) is 28.4. The summed E-state index contributed by atoms with van der Waals surface area (Å²) in [6.07, 6.45) is 17.9. The van der Waals surface area contributed by atoms with Crippen LogP contribution in [0.25, 0.3) is 0 Å². The average molecular weight is 487 g/mol. The molecule has 0 bridgehead atoms. The molecule has 1 fully saturated rings. The summed E-state index contributed by atoms with van der Waals surface area (Å²) in [6.45, 7) is 7.19. The lowest BCUT2D eigenvalue weighted by molar-refractivity contribution is -0.135. The zero-order chi connectivity index (χ0) is 23.9. The number of esters is 1. The van der Waals surface area contributed by atoms with E-state index in [1.165, 1.54) is 70.6 Å². The third kappa shape index (κ3) is 11.0. The van der Waals surface area contributed by atoms with Gasteiger partial charge in [-0.3, -0.25) is 9.05 Å². The Morgan fingerprint density at radius 1 is 0.909 bits per heavy atom. The number of unbranched alkanes of at least 4 members (excludes halogenated alkanes) is 12. The Morgan fingerprint density at radius 3 is 2.06 bits per heavy atom. The number of phosphoric ester groups is 1. The second kappa shape index (κ2) is 15.9. The minimum atomic E-state index is -3.70. The van der Waals surface area contributed by atoms with E-state index < -0.39 is 7.82 Å². The number of cyclic esters (lactones) is 1. The number of carbonyl (C=O) groups is 1. The molecule has 0 aromatic carbocycles. The van der Waals surface area contributed by atoms with Crippen molar-refractivity contribution >= 4 is 13.8 Å². The van der Waals surface area contributed by atoms with Gasteiger partial charge in [0, 0.05) is 6.42 Å². The molecule has 0 spiro atoms. The lowest BCUT2D eigenvalue weighted by Crippen LogP contribution is -2.10. The van der Waals surface area contributed by atoms with Crippen molar-refractivity contribution in [3.63, 3.8) is 0 Å². The standard InChI is InChI=1S/C26H47O6P/c1-4-5-6-7-8-9-10-11-12-13-14-15-16-19-30-33(28)31-21-23-20-29-26(27)25(23)24(32-33)18-17-22(2)3/h22-23H,4-21H2,1-3H3/t23-,33+/m0/s1. The molecule has 192 valence electrons. The zero-order valence-corrected chi connectivity index (χ0v) is 22.2. The van der Waals surface area contributed by atoms with Crippen LogP contribution in [-0.4, -0.2) is 25.8 Å². The molecule has 0 unspecified atom stereocenters. The third-order valence-corrected chi connectivity index (χ3v) is 7.85. The van der Waals surface area contributed by atoms with Crippen LogP contribution >= 0.6 is 7.82 Å². The molecule has 0 N–H and O–H groups in total. The molecule has 0 aromatic rings. The Bertz CT molecular complexity index is 645. The van der Waals surface area contributed by atoms with Crippen LogP contribution in [0.4, 0.5) is 0 Å². The van der Waals surface area contributed by atoms with Gasteiger partial charge in [0.2, 0.25) is 0 Å². The van der Waals surface area contributed by atoms with Crippen LogP contribution in [0, 0.1) is 11.8 Å². The van der Waals surface area contributed by atoms with Gasteiger partial charge in [-0.1, -0.05) is 97.8 Å². The second-order valence-electron chi connectivity index (χ2n) is 9.97. The minimum absolute atomic E-state index is 0.127. The molecule has 0 aliphatic carbocycles. The summed E-state index contributed by atoms with van der Waals surface area (Å²) >= 11 is 0. The molecule has 6 nitrogen and oxygen atoms in total. The number of hydrogen-bond donors (Lipinski definition) is 0. The number of fused-ring (bicyclic) bond motifs is 1. The first-order chi connectivity index (χ1) is 15.9. The SMILES string of the molecule is CCCCCCCCCCCCCCCO[P@]1(=O)OC[C@@H]2COC(=O)C2=C(CCC(C)C)O1. The summed E-state index contributed by atoms with van der Waals surface area (Å²) in [6, 6.07) is 0. The van der Waals surface area contributed by atoms with Crippen molar-refractivity contribution < 1.29 is 27.7 Å². The first-order valence-corrected chi connectivity index (χ1v) is 14.9. The maximum atomic E-state index is 13.1. The maximum absolute atomic E-state index is 13.1. The highest BCUT2D eigenvalue weighted by Crippen LogP contribution is 2.55. The van der Waals surface area contributed by atoms with E-state index in [-0.39, 0.29) is 25.1 Å². The Morgan fingerprint density at radius 2 is 1.48 bits per heavy atom. The molecule has 0 radical (unpaired) electrons. The van der Waals surface area contributed by atoms with Crippen LogP contribution in [0.3, 0.4) is 0 Å². The van der Waals surface area contributed by atoms with Gasteiger partial charge in [0.25, 0.3) is 0 Å². The number of rotatable bonds is 18. The van der Waals surface area contributed by atoms with Gasteiger partial charge in [0.05, 0.1) is 24.7 Å². The van der Waals surface area contributed by atoms with Crippen molar-refractivity contribution in [1.29, 1.82) is 0 Å². The van der Waals surface area contributed by atoms with Crippen molar-refractivity contribution in [2.75, 3.05) is 19.8 Å². The highest BCUT2D eigenvalue weighted by Gasteiger charge is 2.43. The summed E-state index contributed by atoms with van der Waals surface area (Å²) < 4.78 is 35.2. The summed E-state index contributed by atoms with van der Waals surface area (Å²) in [4.78, 5) is 12.2. The van der Waals surface area contributed by atoms with E-state index >= 15 is 0 Å². The number of ether oxygens (including phenoxy) is 1. The Labute approximate surface area is 201 Å². The Kier molecular flexibility index (Phi) is 13.7. The molecule has 0 saturated carbocycles. The van der Waals surface area contributed by atoms with Crippen LogP contribution in [-0.2, 0) is 27.7 Å². The van der Waals surface area contributed by atoms with Gasteiger partial charge >= 0.3 is 13.8 Å². The predicted molar refractivity (Wildman–Crippen MR) is 132 cm³/mol. The number of hydrogen-bond acceptors (Lipinski definition) is 6. The quantitative estimate of drug-likeness (QED) is 0.111. The fourth-order valence-electron chi connectivity index (χ4n) is 4.33. The van der Waals surface area contributed by atoms with Gasteiger partial charge < -0.3 is 9.26 Å². The fraction of sp³-hybridized carbons (Fsp3) is 0.885. The predicted octanol–water partition coefficient (Wildman–Crippen LogP) is 8.11. The lowest BCUT2D eigenvalue weighted by Gasteiger charge is -2.19. The molecule has 0 aromatic heterocycles. The van der Waals surface area contributed by atoms with Crippen molar-refractivity contribution in [3.8, 4) is 0 Å². The van der Waals surface area contributed by atoms with E-state index in [2.05, 4.69) is 20.8 Å². The van der Waals surface area contributed by atoms with E-state index in [0.717, 1.165) is 19.3 Å². The van der Waals surface area contributed by atoms with Crippen LogP contribution in [0.1, 0.15) is 117 Å². The monoisotopic (exact) mass is 486 g/mol. The summed E-state index contributed by atoms with van der Waals surface area (Å²) in [5, 5.41) is 0. The summed E-state index contributed by atoms with van der Waals surface area (Å²) in [5.74, 6) is 0.262. The fourth-order valence-corrected chi connectivity index (χ4v) is 5.68. The number of phosphoric acid groups is 1. The molecular weight excluding hydrogens is 439 g/mol. The van der Waals surface area contributed by atoms with Crippen LogP contribution in [0.15, 0.2) is 11.3 Å². The first-order valence-electron chi connectivity index (χ1n) is 13.4. The third-order valence-electron chi connectivity index (χ3n) is 6.45. The van der Waals surface area contributed by atoms with E-state index in [1.807, 2.05) is 0 Å². The molecule has 1 saturated heterocycles. The van der Waals surface area contributed by atoms with E-state index in [9.17, 15) is 9.36 Å². The van der Waals surface area contributed by atoms with Crippen LogP contribution in [0.2, 0.25) is 0 Å². The van der Waals surface area contributed by atoms with Crippen molar-refractivity contribution in [2.45, 2.75) is 117 Å². The molecule has 0 amide bonds. The average Bonchev–Trinajstić information content (AvgIpc) is 3.08. The van der Waals surface area contributed by atoms with Gasteiger partial charge in [-0.05, 0) is 18.8 Å². The van der Waals surface area contributed by atoms with E-state index in [0.29, 0.717) is 30.3 Å². The van der Waals surface area contributed by atoms with E-state index in [1.54, 1.807) is 0 Å². The molecule has 7 heteroatoms. The summed E-state index contributed by atoms with van der Waals surface area (Å²) in [7, 11) is -3.70. The molecule has 33 heavy (non-hydrogen) atoms. The smallest absolute Gasteiger partial charge is 0.461 e. The molecule has 2 aliphatic rings. The van der Waals surface area contributed by atoms with E-state index in [4.69, 9.17) is 18.3 Å². The lowest BCUT2D eigenvalue weighted by atomic mass is 9.98. The molecule has 2 aliphatic heterocycles. The van der Waals surface area contributed by atoms with Gasteiger partial charge in [-0.25, -0.2) is 9.36 Å². The zero-order valence-electron chi connectivity index (χ0n) is 21.3. The highest BCUT2D eigenvalue weighted by atomic mass is 31.2. The van der Waals surface area contributed by atoms with Gasteiger partial charge in [-0.2, -0.15) is 0 Å².